The van der Waals surface area contributed by atoms with Gasteiger partial charge in [0.2, 0.25) is 0 Å². The van der Waals surface area contributed by atoms with E-state index in [1.807, 2.05) is 6.92 Å². The van der Waals surface area contributed by atoms with E-state index in [0.29, 0.717) is 38.5 Å². The van der Waals surface area contributed by atoms with Gasteiger partial charge in [0.15, 0.2) is 0 Å². The quantitative estimate of drug-likeness (QED) is 0.556. The molecule has 164 valence electrons. The number of hydrogen-bond donors (Lipinski definition) is 1. The fourth-order valence-corrected chi connectivity index (χ4v) is 4.08. The second kappa shape index (κ2) is 9.30. The summed E-state index contributed by atoms with van der Waals surface area (Å²) in [5, 5.41) is 3.14. The maximum atomic E-state index is 13.1. The minimum atomic E-state index is -0.830. The summed E-state index contributed by atoms with van der Waals surface area (Å²) in [4.78, 5) is 43.5. The average Bonchev–Trinajstić information content (AvgIpc) is 3.11. The molecule has 3 aromatic rings. The number of aromatic nitrogens is 2. The van der Waals surface area contributed by atoms with E-state index in [2.05, 4.69) is 10.3 Å². The smallest absolute Gasteiger partial charge is 0.329 e. The van der Waals surface area contributed by atoms with E-state index >= 15 is 0 Å². The largest absolute Gasteiger partial charge is 0.495 e. The molecule has 0 saturated heterocycles. The summed E-state index contributed by atoms with van der Waals surface area (Å²) in [6.07, 6.45) is 1.76. The van der Waals surface area contributed by atoms with Crippen LogP contribution in [0, 0.1) is 6.92 Å². The molecule has 2 heterocycles. The van der Waals surface area contributed by atoms with Crippen LogP contribution in [0.5, 0.6) is 5.75 Å². The van der Waals surface area contributed by atoms with Gasteiger partial charge in [-0.25, -0.2) is 9.78 Å². The Morgan fingerprint density at radius 3 is 2.65 bits per heavy atom. The molecule has 2 atom stereocenters. The van der Waals surface area contributed by atoms with Crippen molar-refractivity contribution in [1.29, 1.82) is 0 Å². The summed E-state index contributed by atoms with van der Waals surface area (Å²) in [6.45, 7) is 7.00. The van der Waals surface area contributed by atoms with Crippen molar-refractivity contribution in [1.82, 2.24) is 9.55 Å². The zero-order valence-corrected chi connectivity index (χ0v) is 18.9. The van der Waals surface area contributed by atoms with Crippen LogP contribution in [0.4, 0.5) is 5.69 Å². The number of carbonyl (C=O) groups is 2. The molecule has 1 N–H and O–H groups in total. The molecule has 0 unspecified atom stereocenters. The van der Waals surface area contributed by atoms with Gasteiger partial charge in [-0.1, -0.05) is 19.1 Å². The molecule has 0 saturated carbocycles. The Morgan fingerprint density at radius 1 is 1.26 bits per heavy atom. The predicted molar refractivity (Wildman–Crippen MR) is 120 cm³/mol. The highest BCUT2D eigenvalue weighted by molar-refractivity contribution is 7.20. The molecule has 0 aliphatic heterocycles. The zero-order valence-electron chi connectivity index (χ0n) is 18.1. The van der Waals surface area contributed by atoms with E-state index in [0.717, 1.165) is 11.3 Å². The second-order valence-corrected chi connectivity index (χ2v) is 8.18. The van der Waals surface area contributed by atoms with E-state index in [-0.39, 0.29) is 17.6 Å². The van der Waals surface area contributed by atoms with Crippen LogP contribution in [-0.2, 0) is 9.53 Å². The Bertz CT molecular complexity index is 1180. The molecule has 2 aromatic heterocycles. The molecule has 9 heteroatoms. The number of rotatable bonds is 7. The predicted octanol–water partition coefficient (Wildman–Crippen LogP) is 3.93. The highest BCUT2D eigenvalue weighted by Gasteiger charge is 2.24. The Morgan fingerprint density at radius 2 is 1.97 bits per heavy atom. The van der Waals surface area contributed by atoms with Gasteiger partial charge in [0.1, 0.15) is 16.6 Å². The van der Waals surface area contributed by atoms with Crippen LogP contribution in [0.2, 0.25) is 0 Å². The number of fused-ring (bicyclic) bond motifs is 1. The molecule has 1 aromatic carbocycles. The van der Waals surface area contributed by atoms with Gasteiger partial charge in [-0.15, -0.1) is 11.3 Å². The van der Waals surface area contributed by atoms with Crippen molar-refractivity contribution in [3.05, 3.63) is 51.4 Å². The summed E-state index contributed by atoms with van der Waals surface area (Å²) < 4.78 is 11.9. The van der Waals surface area contributed by atoms with Crippen molar-refractivity contribution in [3.63, 3.8) is 0 Å². The highest BCUT2D eigenvalue weighted by atomic mass is 32.1. The number of esters is 1. The van der Waals surface area contributed by atoms with E-state index in [9.17, 15) is 14.4 Å². The van der Waals surface area contributed by atoms with Crippen molar-refractivity contribution in [2.75, 3.05) is 12.4 Å². The maximum Gasteiger partial charge on any atom is 0.329 e. The van der Waals surface area contributed by atoms with Gasteiger partial charge in [-0.05, 0) is 44.9 Å². The van der Waals surface area contributed by atoms with Gasteiger partial charge >= 0.3 is 5.97 Å². The number of methoxy groups -OCH3 is 1. The molecule has 0 bridgehead atoms. The van der Waals surface area contributed by atoms with Crippen LogP contribution < -0.4 is 15.6 Å². The van der Waals surface area contributed by atoms with Crippen LogP contribution in [0.15, 0.2) is 35.4 Å². The summed E-state index contributed by atoms with van der Waals surface area (Å²) in [5.74, 6) is -0.330. The lowest BCUT2D eigenvalue weighted by Crippen LogP contribution is -2.31. The summed E-state index contributed by atoms with van der Waals surface area (Å²) in [6, 6.07) is 6.24. The first-order valence-corrected chi connectivity index (χ1v) is 10.7. The van der Waals surface area contributed by atoms with Crippen LogP contribution >= 0.6 is 11.3 Å². The van der Waals surface area contributed by atoms with Crippen LogP contribution in [-0.4, -0.2) is 34.6 Å². The zero-order chi connectivity index (χ0) is 22.7. The van der Waals surface area contributed by atoms with Gasteiger partial charge in [-0.2, -0.15) is 0 Å². The third kappa shape index (κ3) is 4.46. The van der Waals surface area contributed by atoms with Crippen LogP contribution in [0.3, 0.4) is 0 Å². The van der Waals surface area contributed by atoms with Crippen molar-refractivity contribution in [3.8, 4) is 5.75 Å². The third-order valence-corrected chi connectivity index (χ3v) is 6.29. The molecule has 3 rings (SSSR count). The fraction of sp³-hybridized carbons (Fsp3) is 0.364. The first-order valence-electron chi connectivity index (χ1n) is 9.93. The fourth-order valence-electron chi connectivity index (χ4n) is 3.05. The first kappa shape index (κ1) is 22.5. The molecule has 0 fully saturated rings. The van der Waals surface area contributed by atoms with Crippen molar-refractivity contribution in [2.45, 2.75) is 46.3 Å². The first-order chi connectivity index (χ1) is 14.8. The van der Waals surface area contributed by atoms with E-state index in [1.54, 1.807) is 45.0 Å². The van der Waals surface area contributed by atoms with Gasteiger partial charge in [-0.3, -0.25) is 14.2 Å². The van der Waals surface area contributed by atoms with Crippen molar-refractivity contribution >= 4 is 39.1 Å². The lowest BCUT2D eigenvalue weighted by atomic mass is 10.2. The maximum absolute atomic E-state index is 13.1. The summed E-state index contributed by atoms with van der Waals surface area (Å²) in [5.41, 5.74) is 0.657. The SMILES string of the molecule is CC[C@@H](C)OC(=O)[C@H](C)n1cnc2sc(C(=O)Nc3ccccc3OC)c(C)c2c1=O. The molecule has 1 amide bonds. The molecule has 0 aliphatic carbocycles. The lowest BCUT2D eigenvalue weighted by Gasteiger charge is -2.17. The van der Waals surface area contributed by atoms with Crippen molar-refractivity contribution in [2.24, 2.45) is 0 Å². The second-order valence-electron chi connectivity index (χ2n) is 7.18. The number of para-hydroxylation sites is 2. The number of aryl methyl sites for hydroxylation is 1. The Balaban J connectivity index is 1.95. The minimum absolute atomic E-state index is 0.240. The topological polar surface area (TPSA) is 99.5 Å². The third-order valence-electron chi connectivity index (χ3n) is 5.09. The Kier molecular flexibility index (Phi) is 6.74. The molecular weight excluding hydrogens is 418 g/mol. The van der Waals surface area contributed by atoms with Gasteiger partial charge in [0.25, 0.3) is 11.5 Å². The molecule has 31 heavy (non-hydrogen) atoms. The van der Waals surface area contributed by atoms with E-state index in [4.69, 9.17) is 9.47 Å². The average molecular weight is 444 g/mol. The number of nitrogens with zero attached hydrogens (tertiary/aromatic N) is 2. The number of amides is 1. The molecule has 8 nitrogen and oxygen atoms in total. The summed E-state index contributed by atoms with van der Waals surface area (Å²) in [7, 11) is 1.52. The van der Waals surface area contributed by atoms with E-state index in [1.165, 1.54) is 18.0 Å². The number of carbonyl (C=O) groups excluding carboxylic acids is 2. The standard InChI is InChI=1S/C22H25N3O5S/c1-6-12(2)30-22(28)14(4)25-11-23-20-17(21(25)27)13(3)18(31-20)19(26)24-15-9-7-8-10-16(15)29-5/h7-12,14H,6H2,1-5H3,(H,24,26)/t12-,14+/m1/s1. The number of hydrogen-bond acceptors (Lipinski definition) is 7. The van der Waals surface area contributed by atoms with Gasteiger partial charge in [0.05, 0.1) is 35.5 Å². The number of nitrogens with one attached hydrogen (secondary N) is 1. The number of ether oxygens (including phenoxy) is 2. The van der Waals surface area contributed by atoms with Gasteiger partial charge < -0.3 is 14.8 Å². The number of thiophene rings is 1. The Labute approximate surface area is 183 Å². The molecular formula is C22H25N3O5S. The monoisotopic (exact) mass is 443 g/mol. The number of anilines is 1. The molecule has 0 radical (unpaired) electrons. The normalized spacial score (nSPS) is 12.9. The van der Waals surface area contributed by atoms with Crippen LogP contribution in [0.25, 0.3) is 10.2 Å². The van der Waals surface area contributed by atoms with E-state index < -0.39 is 12.0 Å². The molecule has 0 aliphatic rings. The lowest BCUT2D eigenvalue weighted by molar-refractivity contribution is -0.152. The van der Waals surface area contributed by atoms with Gasteiger partial charge in [0, 0.05) is 0 Å². The Hall–Kier alpha value is -3.20. The molecule has 0 spiro atoms. The minimum Gasteiger partial charge on any atom is -0.495 e. The number of benzene rings is 1. The summed E-state index contributed by atoms with van der Waals surface area (Å²) >= 11 is 1.13. The van der Waals surface area contributed by atoms with Crippen LogP contribution in [0.1, 0.15) is 48.5 Å². The highest BCUT2D eigenvalue weighted by Crippen LogP contribution is 2.30. The van der Waals surface area contributed by atoms with Crippen molar-refractivity contribution < 1.29 is 19.1 Å².